The highest BCUT2D eigenvalue weighted by Crippen LogP contribution is 2.28. The topological polar surface area (TPSA) is 35.8 Å². The summed E-state index contributed by atoms with van der Waals surface area (Å²) < 4.78 is 0. The Kier molecular flexibility index (Phi) is 3.03. The largest absolute Gasteiger partial charge is 0.310 e. The van der Waals surface area contributed by atoms with Crippen molar-refractivity contribution >= 4 is 0 Å². The van der Waals surface area contributed by atoms with Gasteiger partial charge in [-0.2, -0.15) is 5.26 Å². The normalized spacial score (nSPS) is 25.9. The van der Waals surface area contributed by atoms with Crippen molar-refractivity contribution in [1.29, 1.82) is 5.26 Å². The highest BCUT2D eigenvalue weighted by Gasteiger charge is 2.22. The van der Waals surface area contributed by atoms with Crippen molar-refractivity contribution in [3.05, 3.63) is 35.4 Å². The zero-order chi connectivity index (χ0) is 10.7. The first-order chi connectivity index (χ1) is 7.31. The highest BCUT2D eigenvalue weighted by molar-refractivity contribution is 5.29. The molecule has 1 N–H and O–H groups in total. The first-order valence-electron chi connectivity index (χ1n) is 5.50. The van der Waals surface area contributed by atoms with E-state index in [0.717, 1.165) is 19.4 Å². The van der Waals surface area contributed by atoms with Crippen LogP contribution in [0.2, 0.25) is 0 Å². The summed E-state index contributed by atoms with van der Waals surface area (Å²) in [5.74, 6) is 0.218. The van der Waals surface area contributed by atoms with Crippen molar-refractivity contribution in [2.24, 2.45) is 5.92 Å². The lowest BCUT2D eigenvalue weighted by molar-refractivity contribution is 0.355. The van der Waals surface area contributed by atoms with Crippen LogP contribution in [0.25, 0.3) is 0 Å². The average Bonchev–Trinajstić information content (AvgIpc) is 2.30. The van der Waals surface area contributed by atoms with Gasteiger partial charge in [-0.25, -0.2) is 0 Å². The molecule has 0 radical (unpaired) electrons. The lowest BCUT2D eigenvalue weighted by Crippen LogP contribution is -2.31. The minimum atomic E-state index is 0.218. The van der Waals surface area contributed by atoms with Gasteiger partial charge in [0, 0.05) is 12.0 Å². The quantitative estimate of drug-likeness (QED) is 0.756. The van der Waals surface area contributed by atoms with E-state index in [2.05, 4.69) is 42.6 Å². The molecule has 2 atom stereocenters. The molecule has 0 bridgehead atoms. The van der Waals surface area contributed by atoms with E-state index in [4.69, 9.17) is 5.26 Å². The van der Waals surface area contributed by atoms with Gasteiger partial charge in [-0.1, -0.05) is 24.3 Å². The van der Waals surface area contributed by atoms with Gasteiger partial charge < -0.3 is 5.32 Å². The van der Waals surface area contributed by atoms with Crippen molar-refractivity contribution < 1.29 is 0 Å². The van der Waals surface area contributed by atoms with Gasteiger partial charge in [-0.3, -0.25) is 0 Å². The van der Waals surface area contributed by atoms with Gasteiger partial charge in [0.25, 0.3) is 0 Å². The van der Waals surface area contributed by atoms with Gasteiger partial charge in [-0.15, -0.1) is 0 Å². The SMILES string of the molecule is Cc1ccccc1C1CC(C#N)CCN1. The Labute approximate surface area is 90.9 Å². The molecular formula is C13H16N2. The van der Waals surface area contributed by atoms with Gasteiger partial charge >= 0.3 is 0 Å². The van der Waals surface area contributed by atoms with E-state index in [9.17, 15) is 0 Å². The van der Waals surface area contributed by atoms with Crippen LogP contribution in [0.5, 0.6) is 0 Å². The van der Waals surface area contributed by atoms with E-state index in [0.29, 0.717) is 6.04 Å². The lowest BCUT2D eigenvalue weighted by Gasteiger charge is -2.28. The number of nitriles is 1. The van der Waals surface area contributed by atoms with Crippen LogP contribution >= 0.6 is 0 Å². The average molecular weight is 200 g/mol. The fraction of sp³-hybridized carbons (Fsp3) is 0.462. The molecule has 0 saturated carbocycles. The first kappa shape index (κ1) is 10.2. The van der Waals surface area contributed by atoms with Crippen LogP contribution in [0.4, 0.5) is 0 Å². The molecule has 1 heterocycles. The molecule has 1 fully saturated rings. The molecule has 1 aromatic rings. The summed E-state index contributed by atoms with van der Waals surface area (Å²) in [6.07, 6.45) is 1.93. The van der Waals surface area contributed by atoms with Crippen molar-refractivity contribution in [1.82, 2.24) is 5.32 Å². The molecule has 0 amide bonds. The third-order valence-electron chi connectivity index (χ3n) is 3.15. The third kappa shape index (κ3) is 2.19. The summed E-state index contributed by atoms with van der Waals surface area (Å²) in [6.45, 7) is 3.09. The predicted octanol–water partition coefficient (Wildman–Crippen LogP) is 2.56. The summed E-state index contributed by atoms with van der Waals surface area (Å²) in [5, 5.41) is 12.4. The minimum absolute atomic E-state index is 0.218. The molecule has 2 unspecified atom stereocenters. The smallest absolute Gasteiger partial charge is 0.0657 e. The monoisotopic (exact) mass is 200 g/mol. The standard InChI is InChI=1S/C13H16N2/c1-10-4-2-3-5-12(10)13-8-11(9-14)6-7-15-13/h2-5,11,13,15H,6-8H2,1H3. The summed E-state index contributed by atoms with van der Waals surface area (Å²) in [4.78, 5) is 0. The van der Waals surface area contributed by atoms with Crippen molar-refractivity contribution in [2.45, 2.75) is 25.8 Å². The Balaban J connectivity index is 2.18. The molecule has 78 valence electrons. The van der Waals surface area contributed by atoms with Crippen LogP contribution in [0, 0.1) is 24.2 Å². The molecule has 1 aliphatic heterocycles. The third-order valence-corrected chi connectivity index (χ3v) is 3.15. The van der Waals surface area contributed by atoms with Crippen LogP contribution in [0.1, 0.15) is 30.0 Å². The van der Waals surface area contributed by atoms with E-state index >= 15 is 0 Å². The van der Waals surface area contributed by atoms with Gasteiger partial charge in [0.15, 0.2) is 0 Å². The predicted molar refractivity (Wildman–Crippen MR) is 60.3 cm³/mol. The molecule has 0 spiro atoms. The molecule has 0 aliphatic carbocycles. The Morgan fingerprint density at radius 1 is 1.40 bits per heavy atom. The lowest BCUT2D eigenvalue weighted by atomic mass is 9.88. The molecule has 1 aromatic carbocycles. The maximum atomic E-state index is 8.95. The number of piperidine rings is 1. The number of rotatable bonds is 1. The maximum absolute atomic E-state index is 8.95. The number of hydrogen-bond acceptors (Lipinski definition) is 2. The Bertz CT molecular complexity index is 378. The Morgan fingerprint density at radius 2 is 2.20 bits per heavy atom. The van der Waals surface area contributed by atoms with E-state index < -0.39 is 0 Å². The fourth-order valence-corrected chi connectivity index (χ4v) is 2.25. The number of benzene rings is 1. The molecule has 2 rings (SSSR count). The Hall–Kier alpha value is -1.33. The molecule has 2 nitrogen and oxygen atoms in total. The zero-order valence-corrected chi connectivity index (χ0v) is 9.03. The van der Waals surface area contributed by atoms with E-state index in [-0.39, 0.29) is 5.92 Å². The second kappa shape index (κ2) is 4.46. The molecule has 2 heteroatoms. The first-order valence-corrected chi connectivity index (χ1v) is 5.50. The second-order valence-electron chi connectivity index (χ2n) is 4.21. The van der Waals surface area contributed by atoms with Gasteiger partial charge in [-0.05, 0) is 37.4 Å². The van der Waals surface area contributed by atoms with Crippen LogP contribution in [0.15, 0.2) is 24.3 Å². The van der Waals surface area contributed by atoms with E-state index in [1.165, 1.54) is 11.1 Å². The summed E-state index contributed by atoms with van der Waals surface area (Å²) in [5.41, 5.74) is 2.66. The molecule has 1 saturated heterocycles. The number of aryl methyl sites for hydroxylation is 1. The second-order valence-corrected chi connectivity index (χ2v) is 4.21. The molecule has 15 heavy (non-hydrogen) atoms. The van der Waals surface area contributed by atoms with Crippen LogP contribution < -0.4 is 5.32 Å². The summed E-state index contributed by atoms with van der Waals surface area (Å²) in [6, 6.07) is 11.2. The minimum Gasteiger partial charge on any atom is -0.310 e. The highest BCUT2D eigenvalue weighted by atomic mass is 14.9. The number of nitrogens with zero attached hydrogens (tertiary/aromatic N) is 1. The zero-order valence-electron chi connectivity index (χ0n) is 9.03. The number of hydrogen-bond donors (Lipinski definition) is 1. The van der Waals surface area contributed by atoms with Crippen molar-refractivity contribution in [3.63, 3.8) is 0 Å². The van der Waals surface area contributed by atoms with Crippen LogP contribution in [0.3, 0.4) is 0 Å². The summed E-state index contributed by atoms with van der Waals surface area (Å²) >= 11 is 0. The van der Waals surface area contributed by atoms with Crippen molar-refractivity contribution in [3.8, 4) is 6.07 Å². The fourth-order valence-electron chi connectivity index (χ4n) is 2.25. The Morgan fingerprint density at radius 3 is 2.93 bits per heavy atom. The molecule has 0 aromatic heterocycles. The molecule has 1 aliphatic rings. The van der Waals surface area contributed by atoms with Gasteiger partial charge in [0.05, 0.1) is 6.07 Å². The van der Waals surface area contributed by atoms with E-state index in [1.807, 2.05) is 0 Å². The van der Waals surface area contributed by atoms with Gasteiger partial charge in [0.1, 0.15) is 0 Å². The van der Waals surface area contributed by atoms with Gasteiger partial charge in [0.2, 0.25) is 0 Å². The van der Waals surface area contributed by atoms with Crippen LogP contribution in [-0.2, 0) is 0 Å². The van der Waals surface area contributed by atoms with E-state index in [1.54, 1.807) is 0 Å². The van der Waals surface area contributed by atoms with Crippen LogP contribution in [-0.4, -0.2) is 6.54 Å². The summed E-state index contributed by atoms with van der Waals surface area (Å²) in [7, 11) is 0. The maximum Gasteiger partial charge on any atom is 0.0657 e. The van der Waals surface area contributed by atoms with Crippen molar-refractivity contribution in [2.75, 3.05) is 6.54 Å². The number of nitrogens with one attached hydrogen (secondary N) is 1. The molecular weight excluding hydrogens is 184 g/mol.